The molecule has 0 aliphatic carbocycles. The largest absolute Gasteiger partial charge is 0.334 e. The van der Waals surface area contributed by atoms with E-state index in [-0.39, 0.29) is 0 Å². The number of thioether (sulfide) groups is 1. The van der Waals surface area contributed by atoms with Crippen LogP contribution in [-0.4, -0.2) is 17.5 Å². The lowest BCUT2D eigenvalue weighted by Crippen LogP contribution is -2.27. The Bertz CT molecular complexity index is 455. The zero-order valence-electron chi connectivity index (χ0n) is 10.4. The molecule has 0 saturated carbocycles. The third-order valence-corrected chi connectivity index (χ3v) is 4.36. The molecule has 0 bridgehead atoms. The second-order valence-electron chi connectivity index (χ2n) is 5.18. The van der Waals surface area contributed by atoms with Gasteiger partial charge in [0.05, 0.1) is 10.7 Å². The van der Waals surface area contributed by atoms with E-state index in [1.807, 2.05) is 25.1 Å². The first-order valence-electron chi connectivity index (χ1n) is 5.67. The molecule has 0 amide bonds. The van der Waals surface area contributed by atoms with Gasteiger partial charge in [-0.05, 0) is 30.0 Å². The molecule has 92 valence electrons. The van der Waals surface area contributed by atoms with Crippen LogP contribution in [0.1, 0.15) is 19.4 Å². The number of hydrogen-bond donors (Lipinski definition) is 1. The van der Waals surface area contributed by atoms with E-state index in [4.69, 9.17) is 11.6 Å². The first kappa shape index (κ1) is 12.8. The third-order valence-electron chi connectivity index (χ3n) is 2.62. The Hall–Kier alpha value is -0.670. The SMILES string of the molecule is Cc1ccc(NC2=NCC(C)(C)CS2)c(Cl)c1. The zero-order valence-corrected chi connectivity index (χ0v) is 12.0. The van der Waals surface area contributed by atoms with Crippen LogP contribution in [0.5, 0.6) is 0 Å². The van der Waals surface area contributed by atoms with Crippen molar-refractivity contribution in [3.63, 3.8) is 0 Å². The molecule has 0 unspecified atom stereocenters. The van der Waals surface area contributed by atoms with Crippen molar-refractivity contribution in [2.75, 3.05) is 17.6 Å². The third kappa shape index (κ3) is 3.39. The number of benzene rings is 1. The van der Waals surface area contributed by atoms with Crippen molar-refractivity contribution < 1.29 is 0 Å². The maximum atomic E-state index is 6.18. The smallest absolute Gasteiger partial charge is 0.161 e. The van der Waals surface area contributed by atoms with Gasteiger partial charge in [-0.2, -0.15) is 0 Å². The fraction of sp³-hybridized carbons (Fsp3) is 0.462. The van der Waals surface area contributed by atoms with Gasteiger partial charge < -0.3 is 5.32 Å². The highest BCUT2D eigenvalue weighted by molar-refractivity contribution is 8.14. The number of anilines is 1. The number of aryl methyl sites for hydroxylation is 1. The fourth-order valence-corrected chi connectivity index (χ4v) is 2.79. The second-order valence-corrected chi connectivity index (χ2v) is 6.55. The molecule has 1 aliphatic heterocycles. The lowest BCUT2D eigenvalue weighted by Gasteiger charge is -2.27. The molecule has 2 nitrogen and oxygen atoms in total. The quantitative estimate of drug-likeness (QED) is 0.826. The van der Waals surface area contributed by atoms with E-state index in [1.165, 1.54) is 5.56 Å². The minimum absolute atomic E-state index is 0.299. The molecule has 0 radical (unpaired) electrons. The van der Waals surface area contributed by atoms with Gasteiger partial charge in [-0.25, -0.2) is 0 Å². The number of nitrogens with zero attached hydrogens (tertiary/aromatic N) is 1. The summed E-state index contributed by atoms with van der Waals surface area (Å²) in [6.45, 7) is 7.37. The molecule has 0 spiro atoms. The zero-order chi connectivity index (χ0) is 12.5. The molecule has 2 rings (SSSR count). The highest BCUT2D eigenvalue weighted by Crippen LogP contribution is 2.30. The first-order valence-corrected chi connectivity index (χ1v) is 7.03. The van der Waals surface area contributed by atoms with Crippen LogP contribution in [0.4, 0.5) is 5.69 Å². The topological polar surface area (TPSA) is 24.4 Å². The van der Waals surface area contributed by atoms with Crippen molar-refractivity contribution in [1.82, 2.24) is 0 Å². The second kappa shape index (κ2) is 4.91. The van der Waals surface area contributed by atoms with Crippen LogP contribution < -0.4 is 5.32 Å². The number of aliphatic imine (C=N–C) groups is 1. The maximum absolute atomic E-state index is 6.18. The van der Waals surface area contributed by atoms with Crippen molar-refractivity contribution in [3.05, 3.63) is 28.8 Å². The Morgan fingerprint density at radius 1 is 1.41 bits per heavy atom. The molecule has 1 aromatic carbocycles. The first-order chi connectivity index (χ1) is 7.96. The van der Waals surface area contributed by atoms with E-state index in [9.17, 15) is 0 Å². The normalized spacial score (nSPS) is 18.7. The van der Waals surface area contributed by atoms with Crippen molar-refractivity contribution in [3.8, 4) is 0 Å². The summed E-state index contributed by atoms with van der Waals surface area (Å²) < 4.78 is 0. The van der Waals surface area contributed by atoms with Crippen LogP contribution in [0.15, 0.2) is 23.2 Å². The summed E-state index contributed by atoms with van der Waals surface area (Å²) >= 11 is 7.94. The average molecular weight is 269 g/mol. The van der Waals surface area contributed by atoms with Crippen molar-refractivity contribution in [2.24, 2.45) is 10.4 Å². The molecular formula is C13H17ClN2S. The molecule has 1 aliphatic rings. The molecule has 0 atom stereocenters. The van der Waals surface area contributed by atoms with E-state index in [0.29, 0.717) is 5.41 Å². The summed E-state index contributed by atoms with van der Waals surface area (Å²) in [7, 11) is 0. The van der Waals surface area contributed by atoms with Gasteiger partial charge >= 0.3 is 0 Å². The number of halogens is 1. The molecule has 1 N–H and O–H groups in total. The van der Waals surface area contributed by atoms with Crippen LogP contribution in [0.3, 0.4) is 0 Å². The van der Waals surface area contributed by atoms with Gasteiger partial charge in [0.25, 0.3) is 0 Å². The highest BCUT2D eigenvalue weighted by Gasteiger charge is 2.23. The molecule has 4 heteroatoms. The lowest BCUT2D eigenvalue weighted by molar-refractivity contribution is 0.438. The lowest BCUT2D eigenvalue weighted by atomic mass is 9.97. The van der Waals surface area contributed by atoms with E-state index >= 15 is 0 Å². The summed E-state index contributed by atoms with van der Waals surface area (Å²) in [6, 6.07) is 6.01. The predicted octanol–water partition coefficient (Wildman–Crippen LogP) is 4.19. The minimum atomic E-state index is 0.299. The van der Waals surface area contributed by atoms with Crippen LogP contribution in [-0.2, 0) is 0 Å². The Morgan fingerprint density at radius 2 is 2.18 bits per heavy atom. The van der Waals surface area contributed by atoms with Crippen LogP contribution in [0.2, 0.25) is 5.02 Å². The molecule has 0 aromatic heterocycles. The molecule has 17 heavy (non-hydrogen) atoms. The molecule has 0 fully saturated rings. The number of amidine groups is 1. The van der Waals surface area contributed by atoms with Crippen LogP contribution in [0, 0.1) is 12.3 Å². The summed E-state index contributed by atoms with van der Waals surface area (Å²) in [5, 5.41) is 5.01. The van der Waals surface area contributed by atoms with Gasteiger partial charge in [0, 0.05) is 12.3 Å². The van der Waals surface area contributed by atoms with Crippen molar-refractivity contribution in [1.29, 1.82) is 0 Å². The fourth-order valence-electron chi connectivity index (χ4n) is 1.55. The van der Waals surface area contributed by atoms with Gasteiger partial charge in [0.2, 0.25) is 0 Å². The Labute approximate surface area is 112 Å². The molecular weight excluding hydrogens is 252 g/mol. The van der Waals surface area contributed by atoms with Crippen molar-refractivity contribution in [2.45, 2.75) is 20.8 Å². The van der Waals surface area contributed by atoms with Gasteiger partial charge in [0.15, 0.2) is 5.17 Å². The summed E-state index contributed by atoms with van der Waals surface area (Å²) in [4.78, 5) is 4.55. The van der Waals surface area contributed by atoms with Gasteiger partial charge in [-0.15, -0.1) is 0 Å². The van der Waals surface area contributed by atoms with Crippen LogP contribution >= 0.6 is 23.4 Å². The van der Waals surface area contributed by atoms with Crippen LogP contribution in [0.25, 0.3) is 0 Å². The predicted molar refractivity (Wildman–Crippen MR) is 78.4 cm³/mol. The maximum Gasteiger partial charge on any atom is 0.161 e. The molecule has 1 heterocycles. The monoisotopic (exact) mass is 268 g/mol. The summed E-state index contributed by atoms with van der Waals surface area (Å²) in [5.41, 5.74) is 2.40. The van der Waals surface area contributed by atoms with Crippen molar-refractivity contribution >= 4 is 34.2 Å². The summed E-state index contributed by atoms with van der Waals surface area (Å²) in [6.07, 6.45) is 0. The van der Waals surface area contributed by atoms with E-state index in [0.717, 1.165) is 28.2 Å². The van der Waals surface area contributed by atoms with Gasteiger partial charge in [-0.3, -0.25) is 4.99 Å². The average Bonchev–Trinajstić information content (AvgIpc) is 2.25. The molecule has 0 saturated heterocycles. The summed E-state index contributed by atoms with van der Waals surface area (Å²) in [5.74, 6) is 1.09. The van der Waals surface area contributed by atoms with E-state index in [1.54, 1.807) is 11.8 Å². The minimum Gasteiger partial charge on any atom is -0.334 e. The van der Waals surface area contributed by atoms with Gasteiger partial charge in [0.1, 0.15) is 0 Å². The Balaban J connectivity index is 2.09. The van der Waals surface area contributed by atoms with E-state index in [2.05, 4.69) is 24.2 Å². The highest BCUT2D eigenvalue weighted by atomic mass is 35.5. The number of rotatable bonds is 1. The molecule has 1 aromatic rings. The standard InChI is InChI=1S/C13H17ClN2S/c1-9-4-5-11(10(14)6-9)16-12-15-7-13(2,3)8-17-12/h4-6H,7-8H2,1-3H3,(H,15,16). The number of nitrogens with one attached hydrogen (secondary N) is 1. The Morgan fingerprint density at radius 3 is 2.76 bits per heavy atom. The Kier molecular flexibility index (Phi) is 3.69. The van der Waals surface area contributed by atoms with Gasteiger partial charge in [-0.1, -0.05) is 43.3 Å². The van der Waals surface area contributed by atoms with E-state index < -0.39 is 0 Å². The number of hydrogen-bond acceptors (Lipinski definition) is 3.